The number of ether oxygens (including phenoxy) is 1. The zero-order chi connectivity index (χ0) is 27.0. The number of carbonyl (C=O) groups is 1. The fourth-order valence-corrected chi connectivity index (χ4v) is 4.90. The molecule has 10 nitrogen and oxygen atoms in total. The quantitative estimate of drug-likeness (QED) is 0.271. The van der Waals surface area contributed by atoms with E-state index in [4.69, 9.17) is 4.74 Å². The SMILES string of the molecule is O=C(N/N=C\c1cc([N+](=O)[O-])ccc1N1CCOCC1)c1ccc(CN2CCN(c3ccccc3)CC2)cc1. The number of piperazine rings is 1. The van der Waals surface area contributed by atoms with E-state index >= 15 is 0 Å². The van der Waals surface area contributed by atoms with Gasteiger partial charge in [0.25, 0.3) is 11.6 Å². The zero-order valence-electron chi connectivity index (χ0n) is 21.7. The summed E-state index contributed by atoms with van der Waals surface area (Å²) >= 11 is 0. The number of morpholine rings is 1. The minimum absolute atomic E-state index is 0.0307. The van der Waals surface area contributed by atoms with Crippen molar-refractivity contribution in [2.24, 2.45) is 5.10 Å². The summed E-state index contributed by atoms with van der Waals surface area (Å²) in [5, 5.41) is 15.4. The summed E-state index contributed by atoms with van der Waals surface area (Å²) in [6.07, 6.45) is 1.46. The number of carbonyl (C=O) groups excluding carboxylic acids is 1. The van der Waals surface area contributed by atoms with Crippen LogP contribution in [0.4, 0.5) is 17.1 Å². The average Bonchev–Trinajstić information content (AvgIpc) is 2.98. The first-order valence-electron chi connectivity index (χ1n) is 13.1. The van der Waals surface area contributed by atoms with Gasteiger partial charge in [0.1, 0.15) is 0 Å². The predicted octanol–water partition coefficient (Wildman–Crippen LogP) is 3.52. The van der Waals surface area contributed by atoms with Crippen LogP contribution in [0, 0.1) is 10.1 Å². The highest BCUT2D eigenvalue weighted by Gasteiger charge is 2.19. The number of benzene rings is 3. The van der Waals surface area contributed by atoms with Crippen LogP contribution in [0.3, 0.4) is 0 Å². The average molecular weight is 529 g/mol. The van der Waals surface area contributed by atoms with Gasteiger partial charge in [-0.3, -0.25) is 19.8 Å². The van der Waals surface area contributed by atoms with Crippen molar-refractivity contribution in [3.63, 3.8) is 0 Å². The summed E-state index contributed by atoms with van der Waals surface area (Å²) in [7, 11) is 0. The van der Waals surface area contributed by atoms with Crippen LogP contribution in [0.5, 0.6) is 0 Å². The number of hydrogen-bond acceptors (Lipinski definition) is 8. The summed E-state index contributed by atoms with van der Waals surface area (Å²) in [5.74, 6) is -0.340. The van der Waals surface area contributed by atoms with Gasteiger partial charge in [-0.1, -0.05) is 30.3 Å². The monoisotopic (exact) mass is 528 g/mol. The van der Waals surface area contributed by atoms with E-state index in [-0.39, 0.29) is 11.6 Å². The molecular formula is C29H32N6O4. The number of non-ortho nitro benzene ring substituents is 1. The van der Waals surface area contributed by atoms with Crippen LogP contribution >= 0.6 is 0 Å². The molecule has 202 valence electrons. The molecule has 0 aromatic heterocycles. The zero-order valence-corrected chi connectivity index (χ0v) is 21.7. The van der Waals surface area contributed by atoms with E-state index in [0.717, 1.165) is 44.0 Å². The molecule has 39 heavy (non-hydrogen) atoms. The molecule has 2 saturated heterocycles. The standard InChI is InChI=1S/C29H32N6O4/c36-29(31-30-21-25-20-27(35(37)38)10-11-28(25)34-16-18-39-19-17-34)24-8-6-23(7-9-24)22-32-12-14-33(15-13-32)26-4-2-1-3-5-26/h1-11,20-21H,12-19,22H2,(H,31,36)/b30-21-. The maximum Gasteiger partial charge on any atom is 0.271 e. The second kappa shape index (κ2) is 12.5. The minimum atomic E-state index is -0.441. The third kappa shape index (κ3) is 6.78. The van der Waals surface area contributed by atoms with Crippen molar-refractivity contribution < 1.29 is 14.5 Å². The van der Waals surface area contributed by atoms with Crippen LogP contribution in [0.2, 0.25) is 0 Å². The van der Waals surface area contributed by atoms with E-state index in [0.29, 0.717) is 37.4 Å². The number of nitro groups is 1. The predicted molar refractivity (Wildman–Crippen MR) is 152 cm³/mol. The van der Waals surface area contributed by atoms with Gasteiger partial charge in [0.15, 0.2) is 0 Å². The summed E-state index contributed by atoms with van der Waals surface area (Å²) < 4.78 is 5.41. The first-order valence-corrected chi connectivity index (χ1v) is 13.1. The summed E-state index contributed by atoms with van der Waals surface area (Å²) in [4.78, 5) is 30.5. The van der Waals surface area contributed by atoms with Crippen molar-refractivity contribution in [3.05, 3.63) is 99.6 Å². The molecule has 2 aliphatic rings. The number of anilines is 2. The normalized spacial score (nSPS) is 16.4. The van der Waals surface area contributed by atoms with Gasteiger partial charge in [-0.2, -0.15) is 5.10 Å². The number of amides is 1. The number of nitrogens with one attached hydrogen (secondary N) is 1. The van der Waals surface area contributed by atoms with Gasteiger partial charge >= 0.3 is 0 Å². The van der Waals surface area contributed by atoms with Crippen molar-refractivity contribution in [3.8, 4) is 0 Å². The molecule has 3 aromatic rings. The Labute approximate surface area is 227 Å². The lowest BCUT2D eigenvalue weighted by molar-refractivity contribution is -0.384. The molecule has 0 atom stereocenters. The fraction of sp³-hybridized carbons (Fsp3) is 0.310. The number of nitro benzene ring substituents is 1. The Morgan fingerprint density at radius 2 is 1.64 bits per heavy atom. The third-order valence-corrected chi connectivity index (χ3v) is 7.06. The van der Waals surface area contributed by atoms with E-state index in [2.05, 4.69) is 49.5 Å². The van der Waals surface area contributed by atoms with Crippen LogP contribution < -0.4 is 15.2 Å². The summed E-state index contributed by atoms with van der Waals surface area (Å²) in [5.41, 5.74) is 6.81. The van der Waals surface area contributed by atoms with Gasteiger partial charge < -0.3 is 14.5 Å². The van der Waals surface area contributed by atoms with Gasteiger partial charge in [-0.15, -0.1) is 0 Å². The third-order valence-electron chi connectivity index (χ3n) is 7.06. The molecule has 0 aliphatic carbocycles. The van der Waals surface area contributed by atoms with Crippen LogP contribution in [0.15, 0.2) is 77.9 Å². The van der Waals surface area contributed by atoms with Gasteiger partial charge in [0.05, 0.1) is 24.4 Å². The number of rotatable bonds is 8. The van der Waals surface area contributed by atoms with Crippen molar-refractivity contribution in [2.75, 3.05) is 62.3 Å². The molecule has 2 fully saturated rings. The Bertz CT molecular complexity index is 1300. The highest BCUT2D eigenvalue weighted by Crippen LogP contribution is 2.25. The molecule has 10 heteroatoms. The van der Waals surface area contributed by atoms with Gasteiger partial charge in [-0.25, -0.2) is 5.43 Å². The largest absolute Gasteiger partial charge is 0.378 e. The number of para-hydroxylation sites is 1. The molecule has 1 amide bonds. The lowest BCUT2D eigenvalue weighted by atomic mass is 10.1. The summed E-state index contributed by atoms with van der Waals surface area (Å²) in [6.45, 7) is 7.31. The lowest BCUT2D eigenvalue weighted by Gasteiger charge is -2.36. The Balaban J connectivity index is 1.16. The number of nitrogens with zero attached hydrogens (tertiary/aromatic N) is 5. The molecule has 0 spiro atoms. The molecule has 1 N–H and O–H groups in total. The maximum atomic E-state index is 12.7. The molecule has 0 bridgehead atoms. The van der Waals surface area contributed by atoms with E-state index in [9.17, 15) is 14.9 Å². The minimum Gasteiger partial charge on any atom is -0.378 e. The van der Waals surface area contributed by atoms with Crippen LogP contribution in [0.25, 0.3) is 0 Å². The molecule has 0 saturated carbocycles. The van der Waals surface area contributed by atoms with Crippen LogP contribution in [-0.2, 0) is 11.3 Å². The Morgan fingerprint density at radius 3 is 2.33 bits per heavy atom. The lowest BCUT2D eigenvalue weighted by Crippen LogP contribution is -2.45. The van der Waals surface area contributed by atoms with Gasteiger partial charge in [0, 0.05) is 80.4 Å². The topological polar surface area (TPSA) is 104 Å². The highest BCUT2D eigenvalue weighted by atomic mass is 16.6. The molecule has 2 heterocycles. The highest BCUT2D eigenvalue weighted by molar-refractivity contribution is 5.95. The number of hydrazone groups is 1. The van der Waals surface area contributed by atoms with Crippen molar-refractivity contribution >= 4 is 29.2 Å². The molecular weight excluding hydrogens is 496 g/mol. The first kappa shape index (κ1) is 26.3. The van der Waals surface area contributed by atoms with Crippen molar-refractivity contribution in [2.45, 2.75) is 6.54 Å². The maximum absolute atomic E-state index is 12.7. The number of hydrogen-bond donors (Lipinski definition) is 1. The molecule has 0 unspecified atom stereocenters. The molecule has 3 aromatic carbocycles. The van der Waals surface area contributed by atoms with Gasteiger partial charge in [-0.05, 0) is 35.9 Å². The van der Waals surface area contributed by atoms with E-state index in [1.165, 1.54) is 24.0 Å². The van der Waals surface area contributed by atoms with Crippen molar-refractivity contribution in [1.29, 1.82) is 0 Å². The van der Waals surface area contributed by atoms with E-state index < -0.39 is 4.92 Å². The Kier molecular flexibility index (Phi) is 8.45. The Morgan fingerprint density at radius 1 is 0.923 bits per heavy atom. The van der Waals surface area contributed by atoms with Crippen molar-refractivity contribution in [1.82, 2.24) is 10.3 Å². The van der Waals surface area contributed by atoms with Crippen LogP contribution in [-0.4, -0.2) is 74.4 Å². The molecule has 5 rings (SSSR count). The van der Waals surface area contributed by atoms with E-state index in [1.807, 2.05) is 18.2 Å². The van der Waals surface area contributed by atoms with Crippen LogP contribution in [0.1, 0.15) is 21.5 Å². The summed E-state index contributed by atoms with van der Waals surface area (Å²) in [6, 6.07) is 22.7. The first-order chi connectivity index (χ1) is 19.1. The second-order valence-corrected chi connectivity index (χ2v) is 9.59. The molecule has 2 aliphatic heterocycles. The second-order valence-electron chi connectivity index (χ2n) is 9.59. The van der Waals surface area contributed by atoms with E-state index in [1.54, 1.807) is 18.2 Å². The molecule has 0 radical (unpaired) electrons. The Hall–Kier alpha value is -4.28. The fourth-order valence-electron chi connectivity index (χ4n) is 4.90. The van der Waals surface area contributed by atoms with Gasteiger partial charge in [0.2, 0.25) is 0 Å². The smallest absolute Gasteiger partial charge is 0.271 e.